The highest BCUT2D eigenvalue weighted by atomic mass is 35.5. The van der Waals surface area contributed by atoms with Crippen LogP contribution in [-0.2, 0) is 4.74 Å². The van der Waals surface area contributed by atoms with Gasteiger partial charge in [-0.25, -0.2) is 4.98 Å². The molecule has 7 rings (SSSR count). The molecule has 3 fully saturated rings. The molecule has 5 aliphatic rings. The summed E-state index contributed by atoms with van der Waals surface area (Å²) in [6.07, 6.45) is 9.22. The van der Waals surface area contributed by atoms with Gasteiger partial charge in [0.2, 0.25) is 5.88 Å². The van der Waals surface area contributed by atoms with Crippen LogP contribution in [0.25, 0.3) is 16.3 Å². The van der Waals surface area contributed by atoms with E-state index in [2.05, 4.69) is 42.3 Å². The lowest BCUT2D eigenvalue weighted by Gasteiger charge is -2.61. The lowest BCUT2D eigenvalue weighted by atomic mass is 9.54. The molecule has 196 valence electrons. The van der Waals surface area contributed by atoms with E-state index in [1.54, 1.807) is 12.3 Å². The zero-order chi connectivity index (χ0) is 26.0. The molecule has 0 amide bonds. The number of aromatic hydroxyl groups is 1. The minimum Gasteiger partial charge on any atom is -0.493 e. The second-order valence-electron chi connectivity index (χ2n) is 12.5. The molecule has 8 atom stereocenters. The number of likely N-dealkylation sites (N-methyl/N-ethyl adjacent to an activating group) is 1. The first-order valence-corrected chi connectivity index (χ1v) is 13.8. The van der Waals surface area contributed by atoms with Crippen molar-refractivity contribution in [3.63, 3.8) is 0 Å². The van der Waals surface area contributed by atoms with Gasteiger partial charge in [0.05, 0.1) is 22.2 Å². The van der Waals surface area contributed by atoms with E-state index < -0.39 is 28.3 Å². The van der Waals surface area contributed by atoms with Crippen molar-refractivity contribution in [3.8, 4) is 5.88 Å². The fourth-order valence-electron chi connectivity index (χ4n) is 8.73. The molecule has 3 N–H and O–H groups in total. The molecule has 3 heterocycles. The Hall–Kier alpha value is -1.96. The number of hydrogen-bond donors (Lipinski definition) is 3. The topological polar surface area (TPSA) is 86.1 Å². The fraction of sp³-hybridized carbons (Fsp3) is 0.567. The first-order chi connectivity index (χ1) is 17.5. The first-order valence-electron chi connectivity index (χ1n) is 13.5. The summed E-state index contributed by atoms with van der Waals surface area (Å²) in [5.74, 6) is 0.240. The molecular weight excluding hydrogens is 488 g/mol. The summed E-state index contributed by atoms with van der Waals surface area (Å²) in [5, 5.41) is 34.1. The van der Waals surface area contributed by atoms with Gasteiger partial charge in [-0.1, -0.05) is 31.2 Å². The molecule has 2 bridgehead atoms. The Morgan fingerprint density at radius 3 is 2.68 bits per heavy atom. The van der Waals surface area contributed by atoms with Crippen LogP contribution >= 0.6 is 11.6 Å². The van der Waals surface area contributed by atoms with Crippen LogP contribution in [0.3, 0.4) is 0 Å². The third kappa shape index (κ3) is 2.99. The molecule has 1 saturated heterocycles. The number of alkyl halides is 1. The van der Waals surface area contributed by atoms with Crippen molar-refractivity contribution in [2.45, 2.75) is 79.8 Å². The summed E-state index contributed by atoms with van der Waals surface area (Å²) in [6.45, 7) is 2.37. The number of halogens is 1. The molecule has 2 aromatic rings. The Labute approximate surface area is 222 Å². The van der Waals surface area contributed by atoms with Crippen LogP contribution in [0.5, 0.6) is 5.88 Å². The van der Waals surface area contributed by atoms with Gasteiger partial charge >= 0.3 is 0 Å². The quantitative estimate of drug-likeness (QED) is 0.400. The summed E-state index contributed by atoms with van der Waals surface area (Å²) in [5.41, 5.74) is 2.07. The minimum atomic E-state index is -0.970. The number of aliphatic hydroxyl groups excluding tert-OH is 2. The number of ether oxygens (including phenoxy) is 1. The Morgan fingerprint density at radius 1 is 1.08 bits per heavy atom. The van der Waals surface area contributed by atoms with Crippen LogP contribution in [0.1, 0.15) is 51.0 Å². The van der Waals surface area contributed by atoms with Gasteiger partial charge in [-0.2, -0.15) is 0 Å². The molecule has 2 aliphatic heterocycles. The van der Waals surface area contributed by atoms with E-state index in [0.717, 1.165) is 48.4 Å². The molecule has 6 nitrogen and oxygen atoms in total. The van der Waals surface area contributed by atoms with Gasteiger partial charge < -0.3 is 25.0 Å². The van der Waals surface area contributed by atoms with E-state index in [4.69, 9.17) is 16.3 Å². The van der Waals surface area contributed by atoms with Crippen LogP contribution in [0.2, 0.25) is 0 Å². The van der Waals surface area contributed by atoms with Crippen LogP contribution in [0, 0.1) is 11.3 Å². The molecule has 3 aliphatic carbocycles. The number of benzene rings is 1. The molecule has 1 aromatic carbocycles. The van der Waals surface area contributed by atoms with Crippen LogP contribution in [0.4, 0.5) is 0 Å². The predicted molar refractivity (Wildman–Crippen MR) is 143 cm³/mol. The summed E-state index contributed by atoms with van der Waals surface area (Å²) < 4.78 is 7.26. The number of rotatable bonds is 2. The van der Waals surface area contributed by atoms with Crippen LogP contribution in [0.15, 0.2) is 48.2 Å². The second-order valence-corrected chi connectivity index (χ2v) is 13.2. The van der Waals surface area contributed by atoms with Crippen molar-refractivity contribution in [3.05, 3.63) is 53.8 Å². The normalized spacial score (nSPS) is 44.3. The highest BCUT2D eigenvalue weighted by Crippen LogP contribution is 2.71. The van der Waals surface area contributed by atoms with Crippen molar-refractivity contribution in [2.24, 2.45) is 11.3 Å². The Kier molecular flexibility index (Phi) is 4.94. The van der Waals surface area contributed by atoms with E-state index in [1.807, 2.05) is 19.0 Å². The molecule has 1 aromatic heterocycles. The van der Waals surface area contributed by atoms with Crippen molar-refractivity contribution < 1.29 is 20.1 Å². The summed E-state index contributed by atoms with van der Waals surface area (Å²) in [7, 11) is 3.91. The third-order valence-electron chi connectivity index (χ3n) is 10.7. The standard InChI is InChI=1S/C30H35ClN2O4/c1-27-8-10-29(31)14-21-25(35)26(36)22(33(2)3)15-28(21)9-11-30(29,37-28)23(27)7-6-20(27)17-4-5-18-16-32-24(34)13-19(18)12-17/h4-6,12-14,16,22-23,25-26,35-36H,7-11,15H2,1-3H3,(H,32,34)/t22-,23?,25+,26+,27+,28+,29?,30-/m0/s1. The van der Waals surface area contributed by atoms with Gasteiger partial charge in [0.15, 0.2) is 0 Å². The van der Waals surface area contributed by atoms with E-state index in [1.165, 1.54) is 11.1 Å². The average molecular weight is 523 g/mol. The maximum absolute atomic E-state index is 11.2. The Morgan fingerprint density at radius 2 is 1.89 bits per heavy atom. The highest BCUT2D eigenvalue weighted by molar-refractivity contribution is 6.26. The minimum absolute atomic E-state index is 0.0304. The lowest BCUT2D eigenvalue weighted by Crippen LogP contribution is -2.68. The molecule has 2 saturated carbocycles. The van der Waals surface area contributed by atoms with E-state index in [9.17, 15) is 15.3 Å². The third-order valence-corrected chi connectivity index (χ3v) is 11.3. The van der Waals surface area contributed by atoms with Crippen molar-refractivity contribution >= 4 is 27.9 Å². The van der Waals surface area contributed by atoms with E-state index >= 15 is 0 Å². The summed E-state index contributed by atoms with van der Waals surface area (Å²) in [6, 6.07) is 7.94. The SMILES string of the molecule is CN(C)[C@H]1C[C@@]23CC[C@]4(O2)C2CC=C(c5ccc6cnc(O)cc6c5)[C@@]2(C)CCC4(Cl)C=C3[C@@H](O)[C@@H]1O. The number of pyridine rings is 1. The number of hydrogen-bond acceptors (Lipinski definition) is 6. The molecule has 0 radical (unpaired) electrons. The highest BCUT2D eigenvalue weighted by Gasteiger charge is 2.73. The summed E-state index contributed by atoms with van der Waals surface area (Å²) >= 11 is 7.54. The molecule has 37 heavy (non-hydrogen) atoms. The van der Waals surface area contributed by atoms with Crippen LogP contribution < -0.4 is 0 Å². The van der Waals surface area contributed by atoms with Gasteiger partial charge in [0.1, 0.15) is 6.10 Å². The number of nitrogens with zero attached hydrogens (tertiary/aromatic N) is 2. The molecular formula is C30H35ClN2O4. The lowest BCUT2D eigenvalue weighted by molar-refractivity contribution is -0.199. The van der Waals surface area contributed by atoms with Crippen molar-refractivity contribution in [1.82, 2.24) is 9.88 Å². The monoisotopic (exact) mass is 522 g/mol. The average Bonchev–Trinajstić information content (AvgIpc) is 3.39. The van der Waals surface area contributed by atoms with Gasteiger partial charge in [0.25, 0.3) is 0 Å². The fourth-order valence-corrected chi connectivity index (χ4v) is 9.20. The smallest absolute Gasteiger partial charge is 0.211 e. The van der Waals surface area contributed by atoms with Gasteiger partial charge in [-0.3, -0.25) is 0 Å². The van der Waals surface area contributed by atoms with Gasteiger partial charge in [-0.15, -0.1) is 11.6 Å². The predicted octanol–water partition coefficient (Wildman–Crippen LogP) is 4.41. The maximum Gasteiger partial charge on any atom is 0.211 e. The number of aromatic nitrogens is 1. The number of allylic oxidation sites excluding steroid dienone is 2. The Bertz CT molecular complexity index is 1370. The van der Waals surface area contributed by atoms with Crippen molar-refractivity contribution in [1.29, 1.82) is 0 Å². The zero-order valence-corrected chi connectivity index (χ0v) is 22.4. The number of aliphatic hydroxyl groups is 2. The first kappa shape index (κ1) is 24.1. The van der Waals surface area contributed by atoms with Gasteiger partial charge in [0, 0.05) is 29.6 Å². The molecule has 7 heteroatoms. The molecule has 2 spiro atoms. The largest absolute Gasteiger partial charge is 0.493 e. The Balaban J connectivity index is 1.30. The second kappa shape index (κ2) is 7.57. The maximum atomic E-state index is 11.2. The van der Waals surface area contributed by atoms with Crippen LogP contribution in [-0.4, -0.2) is 73.6 Å². The van der Waals surface area contributed by atoms with Gasteiger partial charge in [-0.05, 0) is 86.2 Å². The van der Waals surface area contributed by atoms with E-state index in [0.29, 0.717) is 6.42 Å². The zero-order valence-electron chi connectivity index (χ0n) is 21.6. The van der Waals surface area contributed by atoms with E-state index in [-0.39, 0.29) is 23.3 Å². The molecule has 2 unspecified atom stereocenters. The number of fused-ring (bicyclic) bond motifs is 2. The summed E-state index contributed by atoms with van der Waals surface area (Å²) in [4.78, 5) is 5.32. The van der Waals surface area contributed by atoms with Crippen molar-refractivity contribution in [2.75, 3.05) is 14.1 Å².